The number of hydrogen-bond acceptors (Lipinski definition) is 6. The van der Waals surface area contributed by atoms with Gasteiger partial charge in [-0.25, -0.2) is 0 Å². The van der Waals surface area contributed by atoms with Crippen molar-refractivity contribution >= 4 is 23.2 Å². The van der Waals surface area contributed by atoms with E-state index >= 15 is 0 Å². The van der Waals surface area contributed by atoms with E-state index in [1.807, 2.05) is 17.0 Å². The number of carbonyl (C=O) groups excluding carboxylic acids is 2. The molecule has 0 aromatic carbocycles. The maximum Gasteiger partial charge on any atom is 0.227 e. The van der Waals surface area contributed by atoms with Crippen LogP contribution in [0.3, 0.4) is 0 Å². The number of nitrogens with one attached hydrogen (secondary N) is 1. The van der Waals surface area contributed by atoms with Crippen LogP contribution in [0.1, 0.15) is 36.1 Å². The van der Waals surface area contributed by atoms with Crippen molar-refractivity contribution in [2.24, 2.45) is 5.92 Å². The Morgan fingerprint density at radius 2 is 2.16 bits per heavy atom. The molecule has 0 radical (unpaired) electrons. The van der Waals surface area contributed by atoms with Gasteiger partial charge in [0.25, 0.3) is 0 Å². The molecular formula is C23H27N3O4S. The van der Waals surface area contributed by atoms with Crippen molar-refractivity contribution in [1.82, 2.24) is 15.2 Å². The number of fused-ring (bicyclic) bond motifs is 2. The van der Waals surface area contributed by atoms with E-state index in [9.17, 15) is 9.59 Å². The average molecular weight is 442 g/mol. The normalized spacial score (nSPS) is 22.7. The summed E-state index contributed by atoms with van der Waals surface area (Å²) in [5, 5.41) is 2.82. The number of likely N-dealkylation sites (tertiary alicyclic amines) is 1. The molecular weight excluding hydrogens is 414 g/mol. The lowest BCUT2D eigenvalue weighted by Crippen LogP contribution is -2.51. The van der Waals surface area contributed by atoms with Gasteiger partial charge in [0.05, 0.1) is 42.0 Å². The van der Waals surface area contributed by atoms with Crippen LogP contribution in [0.5, 0.6) is 5.75 Å². The SMILES string of the molecule is COc1ccc(-c2cc3c(s2)CCOC32CCN(C(=O)C3CCC(=O)NC3)CC2)nc1. The third-order valence-corrected chi connectivity index (χ3v) is 7.95. The molecule has 5 heterocycles. The van der Waals surface area contributed by atoms with Gasteiger partial charge in [0.15, 0.2) is 0 Å². The van der Waals surface area contributed by atoms with Crippen molar-refractivity contribution in [3.05, 3.63) is 34.8 Å². The van der Waals surface area contributed by atoms with Crippen LogP contribution in [0.4, 0.5) is 0 Å². The Hall–Kier alpha value is -2.45. The molecule has 2 aromatic rings. The fraction of sp³-hybridized carbons (Fsp3) is 0.522. The van der Waals surface area contributed by atoms with Gasteiger partial charge in [0, 0.05) is 37.4 Å². The number of methoxy groups -OCH3 is 1. The third kappa shape index (κ3) is 3.83. The first-order valence-corrected chi connectivity index (χ1v) is 11.7. The summed E-state index contributed by atoms with van der Waals surface area (Å²) in [7, 11) is 1.64. The highest BCUT2D eigenvalue weighted by Gasteiger charge is 2.43. The Labute approximate surface area is 185 Å². The molecule has 2 saturated heterocycles. The Morgan fingerprint density at radius 1 is 1.32 bits per heavy atom. The Bertz CT molecular complexity index is 969. The molecule has 31 heavy (non-hydrogen) atoms. The minimum atomic E-state index is -0.313. The molecule has 3 aliphatic heterocycles. The van der Waals surface area contributed by atoms with Crippen molar-refractivity contribution in [3.63, 3.8) is 0 Å². The second kappa shape index (κ2) is 8.24. The number of piperidine rings is 2. The minimum absolute atomic E-state index is 0.0457. The van der Waals surface area contributed by atoms with Gasteiger partial charge in [0.1, 0.15) is 5.75 Å². The number of aromatic nitrogens is 1. The van der Waals surface area contributed by atoms with Gasteiger partial charge in [-0.1, -0.05) is 0 Å². The zero-order chi connectivity index (χ0) is 21.4. The van der Waals surface area contributed by atoms with Crippen molar-refractivity contribution < 1.29 is 19.1 Å². The molecule has 7 nitrogen and oxygen atoms in total. The zero-order valence-corrected chi connectivity index (χ0v) is 18.5. The lowest BCUT2D eigenvalue weighted by Gasteiger charge is -2.44. The summed E-state index contributed by atoms with van der Waals surface area (Å²) < 4.78 is 11.6. The van der Waals surface area contributed by atoms with Crippen LogP contribution in [0.2, 0.25) is 0 Å². The maximum atomic E-state index is 12.9. The molecule has 164 valence electrons. The van der Waals surface area contributed by atoms with Crippen LogP contribution in [-0.2, 0) is 26.3 Å². The second-order valence-corrected chi connectivity index (χ2v) is 9.63. The molecule has 0 aliphatic carbocycles. The number of hydrogen-bond donors (Lipinski definition) is 1. The Morgan fingerprint density at radius 3 is 2.84 bits per heavy atom. The highest BCUT2D eigenvalue weighted by atomic mass is 32.1. The van der Waals surface area contributed by atoms with Crippen molar-refractivity contribution in [2.45, 2.75) is 37.7 Å². The van der Waals surface area contributed by atoms with Crippen LogP contribution >= 0.6 is 11.3 Å². The van der Waals surface area contributed by atoms with Crippen LogP contribution in [0.25, 0.3) is 10.6 Å². The van der Waals surface area contributed by atoms with Crippen LogP contribution < -0.4 is 10.1 Å². The van der Waals surface area contributed by atoms with Gasteiger partial charge >= 0.3 is 0 Å². The molecule has 3 aliphatic rings. The highest BCUT2D eigenvalue weighted by molar-refractivity contribution is 7.15. The second-order valence-electron chi connectivity index (χ2n) is 8.49. The summed E-state index contributed by atoms with van der Waals surface area (Å²) in [4.78, 5) is 33.4. The molecule has 8 heteroatoms. The minimum Gasteiger partial charge on any atom is -0.495 e. The van der Waals surface area contributed by atoms with Gasteiger partial charge < -0.3 is 19.7 Å². The molecule has 1 unspecified atom stereocenters. The lowest BCUT2D eigenvalue weighted by atomic mass is 9.81. The first-order chi connectivity index (χ1) is 15.1. The van der Waals surface area contributed by atoms with E-state index in [-0.39, 0.29) is 23.3 Å². The molecule has 2 fully saturated rings. The Balaban J connectivity index is 1.31. The smallest absolute Gasteiger partial charge is 0.227 e. The van der Waals surface area contributed by atoms with E-state index in [1.165, 1.54) is 10.4 Å². The van der Waals surface area contributed by atoms with Gasteiger partial charge in [-0.05, 0) is 43.0 Å². The summed E-state index contributed by atoms with van der Waals surface area (Å²) in [5.41, 5.74) is 1.91. The molecule has 1 atom stereocenters. The van der Waals surface area contributed by atoms with Gasteiger partial charge in [-0.2, -0.15) is 0 Å². The van der Waals surface area contributed by atoms with E-state index in [0.717, 1.165) is 35.6 Å². The summed E-state index contributed by atoms with van der Waals surface area (Å²) in [5.74, 6) is 0.867. The first kappa shape index (κ1) is 20.5. The van der Waals surface area contributed by atoms with Crippen LogP contribution in [-0.4, -0.2) is 55.0 Å². The number of nitrogens with zero attached hydrogens (tertiary/aromatic N) is 2. The van der Waals surface area contributed by atoms with E-state index in [2.05, 4.69) is 16.4 Å². The van der Waals surface area contributed by atoms with E-state index in [4.69, 9.17) is 9.47 Å². The standard InChI is InChI=1S/C23H27N3O4S/c1-29-16-3-4-18(24-14-16)20-12-17-19(31-20)6-11-30-23(17)7-9-26(10-8-23)22(28)15-2-5-21(27)25-13-15/h3-4,12,14-15H,2,5-11,13H2,1H3,(H,25,27). The average Bonchev–Trinajstić information content (AvgIpc) is 3.26. The quantitative estimate of drug-likeness (QED) is 0.792. The highest BCUT2D eigenvalue weighted by Crippen LogP contribution is 2.46. The predicted molar refractivity (Wildman–Crippen MR) is 117 cm³/mol. The molecule has 0 bridgehead atoms. The predicted octanol–water partition coefficient (Wildman–Crippen LogP) is 2.74. The molecule has 1 spiro atoms. The number of thiophene rings is 1. The van der Waals surface area contributed by atoms with E-state index in [0.29, 0.717) is 39.1 Å². The largest absolute Gasteiger partial charge is 0.495 e. The summed E-state index contributed by atoms with van der Waals surface area (Å²) >= 11 is 1.80. The Kier molecular flexibility index (Phi) is 5.44. The number of ether oxygens (including phenoxy) is 2. The molecule has 0 saturated carbocycles. The molecule has 1 N–H and O–H groups in total. The van der Waals surface area contributed by atoms with Gasteiger partial charge in [-0.3, -0.25) is 14.6 Å². The van der Waals surface area contributed by atoms with Gasteiger partial charge in [0.2, 0.25) is 11.8 Å². The molecule has 5 rings (SSSR count). The monoisotopic (exact) mass is 441 g/mol. The summed E-state index contributed by atoms with van der Waals surface area (Å²) in [6.45, 7) is 2.55. The van der Waals surface area contributed by atoms with Crippen LogP contribution in [0, 0.1) is 5.92 Å². The first-order valence-electron chi connectivity index (χ1n) is 10.9. The fourth-order valence-electron chi connectivity index (χ4n) is 4.89. The van der Waals surface area contributed by atoms with Crippen molar-refractivity contribution in [1.29, 1.82) is 0 Å². The van der Waals surface area contributed by atoms with Crippen LogP contribution in [0.15, 0.2) is 24.4 Å². The number of amides is 2. The number of carbonyl (C=O) groups is 2. The van der Waals surface area contributed by atoms with Crippen molar-refractivity contribution in [3.8, 4) is 16.3 Å². The molecule has 2 aromatic heterocycles. The topological polar surface area (TPSA) is 80.8 Å². The molecule has 2 amide bonds. The van der Waals surface area contributed by atoms with E-state index < -0.39 is 0 Å². The maximum absolute atomic E-state index is 12.9. The number of rotatable bonds is 3. The fourth-order valence-corrected chi connectivity index (χ4v) is 6.10. The zero-order valence-electron chi connectivity index (χ0n) is 17.7. The number of pyridine rings is 1. The van der Waals surface area contributed by atoms with Gasteiger partial charge in [-0.15, -0.1) is 11.3 Å². The van der Waals surface area contributed by atoms with Crippen molar-refractivity contribution in [2.75, 3.05) is 33.4 Å². The summed E-state index contributed by atoms with van der Waals surface area (Å²) in [6.07, 6.45) is 5.36. The lowest BCUT2D eigenvalue weighted by molar-refractivity contribution is -0.145. The third-order valence-electron chi connectivity index (χ3n) is 6.73. The summed E-state index contributed by atoms with van der Waals surface area (Å²) in [6, 6.07) is 6.17. The van der Waals surface area contributed by atoms with E-state index in [1.54, 1.807) is 24.6 Å².